The highest BCUT2D eigenvalue weighted by Gasteiger charge is 2.30. The topological polar surface area (TPSA) is 126 Å². The van der Waals surface area contributed by atoms with Crippen LogP contribution < -0.4 is 9.62 Å². The van der Waals surface area contributed by atoms with E-state index >= 15 is 0 Å². The number of anilines is 2. The van der Waals surface area contributed by atoms with Gasteiger partial charge in [0.2, 0.25) is 0 Å². The first-order valence-corrected chi connectivity index (χ1v) is 12.9. The normalized spacial score (nSPS) is 16.4. The van der Waals surface area contributed by atoms with E-state index < -0.39 is 16.0 Å². The molecule has 0 saturated carbocycles. The molecule has 10 heteroatoms. The predicted molar refractivity (Wildman–Crippen MR) is 129 cm³/mol. The van der Waals surface area contributed by atoms with Gasteiger partial charge in [-0.15, -0.1) is 0 Å². The molecular weight excluding hydrogens is 458 g/mol. The number of aromatic carboxylic acids is 1. The first-order valence-electron chi connectivity index (χ1n) is 11.4. The minimum atomic E-state index is -4.00. The molecule has 1 saturated heterocycles. The fourth-order valence-corrected chi connectivity index (χ4v) is 5.06. The number of aromatic nitrogens is 1. The van der Waals surface area contributed by atoms with Crippen LogP contribution in [0, 0.1) is 11.8 Å². The zero-order valence-electron chi connectivity index (χ0n) is 19.7. The smallest absolute Gasteiger partial charge is 0.337 e. The standard InChI is InChI=1S/C24H31N3O6S/c1-4-33-24(30)18-6-5-11-27(15-18)22-21(13-19(14-25-22)23(28)29)26-34(31,32)20-9-7-17(8-10-20)12-16(2)3/h7-10,13-14,16,18,26H,4-6,11-12,15H2,1-3H3,(H,28,29)/t18-/m0/s1. The zero-order valence-corrected chi connectivity index (χ0v) is 20.5. The molecular formula is C24H31N3O6S. The molecule has 9 nitrogen and oxygen atoms in total. The number of benzene rings is 1. The van der Waals surface area contributed by atoms with Crippen molar-refractivity contribution in [1.82, 2.24) is 4.98 Å². The Morgan fingerprint density at radius 3 is 2.59 bits per heavy atom. The quantitative estimate of drug-likeness (QED) is 0.512. The Morgan fingerprint density at radius 1 is 1.26 bits per heavy atom. The first-order chi connectivity index (χ1) is 16.1. The summed E-state index contributed by atoms with van der Waals surface area (Å²) in [4.78, 5) is 29.9. The van der Waals surface area contributed by atoms with Gasteiger partial charge in [-0.25, -0.2) is 18.2 Å². The number of carbonyl (C=O) groups excluding carboxylic acids is 1. The van der Waals surface area contributed by atoms with Gasteiger partial charge in [0, 0.05) is 19.3 Å². The van der Waals surface area contributed by atoms with Crippen molar-refractivity contribution in [1.29, 1.82) is 0 Å². The van der Waals surface area contributed by atoms with Crippen molar-refractivity contribution in [3.63, 3.8) is 0 Å². The predicted octanol–water partition coefficient (Wildman–Crippen LogP) is 3.56. The van der Waals surface area contributed by atoms with Gasteiger partial charge in [-0.05, 0) is 55.9 Å². The summed E-state index contributed by atoms with van der Waals surface area (Å²) in [5.74, 6) is -1.18. The Kier molecular flexibility index (Phi) is 8.14. The number of sulfonamides is 1. The summed E-state index contributed by atoms with van der Waals surface area (Å²) in [6, 6.07) is 7.87. The lowest BCUT2D eigenvalue weighted by Gasteiger charge is -2.33. The van der Waals surface area contributed by atoms with Gasteiger partial charge in [-0.1, -0.05) is 26.0 Å². The molecule has 0 spiro atoms. The molecule has 184 valence electrons. The molecule has 1 fully saturated rings. The number of rotatable bonds is 9. The van der Waals surface area contributed by atoms with E-state index in [1.807, 2.05) is 0 Å². The molecule has 0 bridgehead atoms. The van der Waals surface area contributed by atoms with E-state index in [1.165, 1.54) is 24.4 Å². The summed E-state index contributed by atoms with van der Waals surface area (Å²) in [6.45, 7) is 7.05. The van der Waals surface area contributed by atoms with Crippen molar-refractivity contribution >= 4 is 33.5 Å². The first kappa shape index (κ1) is 25.5. The van der Waals surface area contributed by atoms with E-state index in [4.69, 9.17) is 4.74 Å². The number of carboxylic acid groups (broad SMARTS) is 1. The molecule has 0 unspecified atom stereocenters. The highest BCUT2D eigenvalue weighted by Crippen LogP contribution is 2.31. The lowest BCUT2D eigenvalue weighted by molar-refractivity contribution is -0.148. The fourth-order valence-electron chi connectivity index (χ4n) is 4.00. The maximum atomic E-state index is 13.1. The van der Waals surface area contributed by atoms with E-state index in [0.717, 1.165) is 12.0 Å². The van der Waals surface area contributed by atoms with E-state index in [1.54, 1.807) is 24.0 Å². The van der Waals surface area contributed by atoms with E-state index in [0.29, 0.717) is 31.8 Å². The molecule has 0 radical (unpaired) electrons. The summed E-state index contributed by atoms with van der Waals surface area (Å²) in [5, 5.41) is 9.41. The molecule has 2 aromatic rings. The van der Waals surface area contributed by atoms with Crippen molar-refractivity contribution in [2.75, 3.05) is 29.3 Å². The number of hydrogen-bond donors (Lipinski definition) is 2. The van der Waals surface area contributed by atoms with Crippen LogP contribution in [0.4, 0.5) is 11.5 Å². The number of piperidine rings is 1. The molecule has 2 heterocycles. The number of ether oxygens (including phenoxy) is 1. The largest absolute Gasteiger partial charge is 0.478 e. The molecule has 1 aromatic carbocycles. The van der Waals surface area contributed by atoms with Gasteiger partial charge in [0.1, 0.15) is 0 Å². The maximum Gasteiger partial charge on any atom is 0.337 e. The molecule has 34 heavy (non-hydrogen) atoms. The number of esters is 1. The molecule has 0 amide bonds. The van der Waals surface area contributed by atoms with Crippen LogP contribution in [0.5, 0.6) is 0 Å². The second kappa shape index (κ2) is 10.9. The molecule has 1 aliphatic rings. The van der Waals surface area contributed by atoms with Crippen LogP contribution in [0.3, 0.4) is 0 Å². The van der Waals surface area contributed by atoms with Crippen molar-refractivity contribution in [3.05, 3.63) is 47.7 Å². The van der Waals surface area contributed by atoms with Gasteiger partial charge in [0.05, 0.1) is 28.7 Å². The van der Waals surface area contributed by atoms with Gasteiger partial charge in [0.15, 0.2) is 5.82 Å². The van der Waals surface area contributed by atoms with Crippen LogP contribution in [-0.4, -0.2) is 50.1 Å². The number of carboxylic acids is 1. The fraction of sp³-hybridized carbons (Fsp3) is 0.458. The van der Waals surface area contributed by atoms with Gasteiger partial charge in [0.25, 0.3) is 10.0 Å². The minimum absolute atomic E-state index is 0.0515. The third-order valence-electron chi connectivity index (χ3n) is 5.58. The third kappa shape index (κ3) is 6.25. The molecule has 1 aromatic heterocycles. The van der Waals surface area contributed by atoms with Crippen LogP contribution >= 0.6 is 0 Å². The van der Waals surface area contributed by atoms with Crippen molar-refractivity contribution in [3.8, 4) is 0 Å². The van der Waals surface area contributed by atoms with Crippen LogP contribution in [0.2, 0.25) is 0 Å². The lowest BCUT2D eigenvalue weighted by Crippen LogP contribution is -2.40. The number of carbonyl (C=O) groups is 2. The Bertz CT molecular complexity index is 1130. The van der Waals surface area contributed by atoms with Crippen molar-refractivity contribution in [2.24, 2.45) is 11.8 Å². The second-order valence-corrected chi connectivity index (χ2v) is 10.5. The zero-order chi connectivity index (χ0) is 24.9. The van der Waals surface area contributed by atoms with Crippen molar-refractivity contribution < 1.29 is 27.9 Å². The Balaban J connectivity index is 1.91. The number of hydrogen-bond acceptors (Lipinski definition) is 7. The Labute approximate surface area is 200 Å². The summed E-state index contributed by atoms with van der Waals surface area (Å²) < 4.78 is 33.9. The second-order valence-electron chi connectivity index (χ2n) is 8.78. The monoisotopic (exact) mass is 489 g/mol. The minimum Gasteiger partial charge on any atom is -0.478 e. The molecule has 3 rings (SSSR count). The molecule has 0 aliphatic carbocycles. The van der Waals surface area contributed by atoms with Crippen LogP contribution in [0.25, 0.3) is 0 Å². The summed E-state index contributed by atoms with van der Waals surface area (Å²) >= 11 is 0. The molecule has 2 N–H and O–H groups in total. The Hall–Kier alpha value is -3.14. The van der Waals surface area contributed by atoms with Crippen LogP contribution in [0.1, 0.15) is 49.5 Å². The van der Waals surface area contributed by atoms with Crippen LogP contribution in [0.15, 0.2) is 41.4 Å². The third-order valence-corrected chi connectivity index (χ3v) is 6.96. The van der Waals surface area contributed by atoms with Gasteiger partial charge >= 0.3 is 11.9 Å². The average molecular weight is 490 g/mol. The maximum absolute atomic E-state index is 13.1. The molecule has 1 atom stereocenters. The summed E-state index contributed by atoms with van der Waals surface area (Å²) in [5.41, 5.74) is 0.936. The molecule has 1 aliphatic heterocycles. The van der Waals surface area contributed by atoms with Gasteiger partial charge < -0.3 is 14.7 Å². The highest BCUT2D eigenvalue weighted by atomic mass is 32.2. The summed E-state index contributed by atoms with van der Waals surface area (Å²) in [6.07, 6.45) is 3.37. The number of nitrogens with one attached hydrogen (secondary N) is 1. The van der Waals surface area contributed by atoms with E-state index in [-0.39, 0.29) is 40.5 Å². The Morgan fingerprint density at radius 2 is 1.97 bits per heavy atom. The SMILES string of the molecule is CCOC(=O)[C@H]1CCCN(c2ncc(C(=O)O)cc2NS(=O)(=O)c2ccc(CC(C)C)cc2)C1. The van der Waals surface area contributed by atoms with Crippen molar-refractivity contribution in [2.45, 2.75) is 44.9 Å². The number of pyridine rings is 1. The van der Waals surface area contributed by atoms with E-state index in [9.17, 15) is 23.1 Å². The summed E-state index contributed by atoms with van der Waals surface area (Å²) in [7, 11) is -4.00. The average Bonchev–Trinajstić information content (AvgIpc) is 2.79. The van der Waals surface area contributed by atoms with Gasteiger partial charge in [-0.2, -0.15) is 0 Å². The van der Waals surface area contributed by atoms with E-state index in [2.05, 4.69) is 23.6 Å². The van der Waals surface area contributed by atoms with Crippen LogP contribution in [-0.2, 0) is 26.0 Å². The lowest BCUT2D eigenvalue weighted by atomic mass is 9.98. The highest BCUT2D eigenvalue weighted by molar-refractivity contribution is 7.92. The number of nitrogens with zero attached hydrogens (tertiary/aromatic N) is 2. The van der Waals surface area contributed by atoms with Gasteiger partial charge in [-0.3, -0.25) is 9.52 Å².